The highest BCUT2D eigenvalue weighted by atomic mass is 32.1. The first-order valence-electron chi connectivity index (χ1n) is 3.62. The van der Waals surface area contributed by atoms with Crippen LogP contribution >= 0.6 is 12.2 Å². The van der Waals surface area contributed by atoms with Gasteiger partial charge in [-0.2, -0.15) is 0 Å². The molecule has 0 radical (unpaired) electrons. The van der Waals surface area contributed by atoms with Gasteiger partial charge in [0.05, 0.1) is 0 Å². The van der Waals surface area contributed by atoms with E-state index in [0.29, 0.717) is 0 Å². The van der Waals surface area contributed by atoms with Gasteiger partial charge in [0.15, 0.2) is 6.21 Å². The molecule has 68 valence electrons. The number of aromatic hydroxyl groups is 1. The Morgan fingerprint density at radius 1 is 1.62 bits per heavy atom. The van der Waals surface area contributed by atoms with Crippen LogP contribution in [-0.4, -0.2) is 16.4 Å². The number of nitrogens with one attached hydrogen (secondary N) is 2. The van der Waals surface area contributed by atoms with Crippen molar-refractivity contribution in [2.45, 2.75) is 0 Å². The Balaban J connectivity index is 2.63. The maximum absolute atomic E-state index is 9.10. The zero-order valence-electron chi connectivity index (χ0n) is 6.82. The summed E-state index contributed by atoms with van der Waals surface area (Å²) in [5.41, 5.74) is 8.53. The smallest absolute Gasteiger partial charge is 0.221 e. The van der Waals surface area contributed by atoms with Crippen LogP contribution in [0.3, 0.4) is 0 Å². The molecule has 0 bridgehead atoms. The number of hydrogen-bond donors (Lipinski definition) is 4. The van der Waals surface area contributed by atoms with E-state index in [0.717, 1.165) is 5.56 Å². The van der Waals surface area contributed by atoms with E-state index in [1.54, 1.807) is 24.4 Å². The van der Waals surface area contributed by atoms with Gasteiger partial charge in [0.25, 0.3) is 0 Å². The maximum Gasteiger partial charge on any atom is 0.221 e. The van der Waals surface area contributed by atoms with Crippen molar-refractivity contribution in [3.63, 3.8) is 0 Å². The number of hydrazone groups is 1. The molecule has 5 heteroatoms. The standard InChI is InChI=1S/C8H9N3OS/c9-8(13)11-10-5-6-2-1-3-7(12)4-6/h1-5,12H,(H3,9,11,13)/p+1. The summed E-state index contributed by atoms with van der Waals surface area (Å²) >= 11 is 4.57. The summed E-state index contributed by atoms with van der Waals surface area (Å²) in [6.07, 6.45) is 1.64. The highest BCUT2D eigenvalue weighted by Crippen LogP contribution is 2.07. The van der Waals surface area contributed by atoms with E-state index >= 15 is 0 Å². The third kappa shape index (κ3) is 3.53. The third-order valence-electron chi connectivity index (χ3n) is 1.30. The Morgan fingerprint density at radius 2 is 2.38 bits per heavy atom. The lowest BCUT2D eigenvalue weighted by molar-refractivity contribution is -0.499. The lowest BCUT2D eigenvalue weighted by Crippen LogP contribution is -2.82. The fourth-order valence-electron chi connectivity index (χ4n) is 0.805. The number of benzene rings is 1. The van der Waals surface area contributed by atoms with Crippen molar-refractivity contribution < 1.29 is 10.2 Å². The van der Waals surface area contributed by atoms with Crippen LogP contribution in [0.2, 0.25) is 0 Å². The van der Waals surface area contributed by atoms with E-state index in [4.69, 9.17) is 10.8 Å². The normalized spacial score (nSPS) is 10.2. The summed E-state index contributed by atoms with van der Waals surface area (Å²) in [4.78, 5) is 0. The molecule has 0 amide bonds. The van der Waals surface area contributed by atoms with Gasteiger partial charge in [-0.05, 0) is 30.4 Å². The Bertz CT molecular complexity index is 338. The lowest BCUT2D eigenvalue weighted by Gasteiger charge is -1.91. The molecule has 0 aliphatic heterocycles. The van der Waals surface area contributed by atoms with Crippen molar-refractivity contribution in [2.75, 3.05) is 0 Å². The van der Waals surface area contributed by atoms with Gasteiger partial charge in [0, 0.05) is 5.56 Å². The van der Waals surface area contributed by atoms with Crippen molar-refractivity contribution in [1.82, 2.24) is 5.43 Å². The number of phenolic OH excluding ortho intramolecular Hbond substituents is 1. The molecule has 0 spiro atoms. The zero-order chi connectivity index (χ0) is 9.68. The summed E-state index contributed by atoms with van der Waals surface area (Å²) in [6, 6.07) is 6.77. The summed E-state index contributed by atoms with van der Waals surface area (Å²) in [6.45, 7) is 0. The molecule has 1 aromatic rings. The quantitative estimate of drug-likeness (QED) is 0.268. The first-order valence-corrected chi connectivity index (χ1v) is 4.02. The molecule has 4 nitrogen and oxygen atoms in total. The SMILES string of the molecule is NC(=S)N[NH+]=Cc1cccc(O)c1. The minimum absolute atomic E-state index is 0.163. The molecule has 0 aliphatic rings. The second-order valence-electron chi connectivity index (χ2n) is 2.37. The highest BCUT2D eigenvalue weighted by Gasteiger charge is 1.93. The van der Waals surface area contributed by atoms with Crippen molar-refractivity contribution in [3.05, 3.63) is 29.8 Å². The average molecular weight is 196 g/mol. The summed E-state index contributed by atoms with van der Waals surface area (Å²) < 4.78 is 0. The Hall–Kier alpha value is -1.62. The lowest BCUT2D eigenvalue weighted by atomic mass is 10.2. The molecule has 0 aromatic heterocycles. The number of rotatable bonds is 2. The van der Waals surface area contributed by atoms with Crippen molar-refractivity contribution in [1.29, 1.82) is 0 Å². The molecule has 0 atom stereocenters. The minimum Gasteiger partial charge on any atom is -0.508 e. The molecule has 0 unspecified atom stereocenters. The molecular weight excluding hydrogens is 186 g/mol. The average Bonchev–Trinajstić information content (AvgIpc) is 2.03. The highest BCUT2D eigenvalue weighted by molar-refractivity contribution is 7.80. The molecule has 0 saturated heterocycles. The van der Waals surface area contributed by atoms with Crippen LogP contribution in [0.1, 0.15) is 5.56 Å². The fraction of sp³-hybridized carbons (Fsp3) is 0. The monoisotopic (exact) mass is 196 g/mol. The molecule has 1 aromatic carbocycles. The molecular formula is C8H10N3OS+. The molecule has 13 heavy (non-hydrogen) atoms. The van der Waals surface area contributed by atoms with Crippen LogP contribution < -0.4 is 16.3 Å². The largest absolute Gasteiger partial charge is 0.508 e. The minimum atomic E-state index is 0.163. The van der Waals surface area contributed by atoms with Gasteiger partial charge in [-0.25, -0.2) is 0 Å². The van der Waals surface area contributed by atoms with Crippen LogP contribution in [0.4, 0.5) is 0 Å². The van der Waals surface area contributed by atoms with E-state index < -0.39 is 0 Å². The van der Waals surface area contributed by atoms with Crippen molar-refractivity contribution in [3.8, 4) is 5.75 Å². The van der Waals surface area contributed by atoms with Crippen molar-refractivity contribution in [2.24, 2.45) is 5.73 Å². The maximum atomic E-state index is 9.10. The Morgan fingerprint density at radius 3 is 3.00 bits per heavy atom. The summed E-state index contributed by atoms with van der Waals surface area (Å²) in [7, 11) is 0. The predicted octanol–water partition coefficient (Wildman–Crippen LogP) is -1.36. The van der Waals surface area contributed by atoms with E-state index in [9.17, 15) is 0 Å². The van der Waals surface area contributed by atoms with Gasteiger partial charge in [-0.15, -0.1) is 10.5 Å². The van der Waals surface area contributed by atoms with Gasteiger partial charge in [-0.1, -0.05) is 6.07 Å². The molecule has 1 rings (SSSR count). The third-order valence-corrected chi connectivity index (χ3v) is 1.41. The Labute approximate surface area is 81.1 Å². The van der Waals surface area contributed by atoms with Gasteiger partial charge in [0.2, 0.25) is 5.11 Å². The number of hydrogen-bond acceptors (Lipinski definition) is 2. The van der Waals surface area contributed by atoms with Crippen LogP contribution in [0, 0.1) is 0 Å². The van der Waals surface area contributed by atoms with Crippen molar-refractivity contribution >= 4 is 23.5 Å². The van der Waals surface area contributed by atoms with E-state index in [-0.39, 0.29) is 10.9 Å². The second kappa shape index (κ2) is 4.42. The van der Waals surface area contributed by atoms with E-state index in [1.165, 1.54) is 0 Å². The molecule has 0 heterocycles. The van der Waals surface area contributed by atoms with Gasteiger partial charge >= 0.3 is 0 Å². The number of hydrazine groups is 1. The molecule has 0 fully saturated rings. The second-order valence-corrected chi connectivity index (χ2v) is 2.81. The summed E-state index contributed by atoms with van der Waals surface area (Å²) in [5, 5.41) is 11.9. The molecule has 5 N–H and O–H groups in total. The van der Waals surface area contributed by atoms with Crippen LogP contribution in [0.25, 0.3) is 0 Å². The number of nitrogens with two attached hydrogens (primary N) is 1. The van der Waals surface area contributed by atoms with Gasteiger partial charge in [0.1, 0.15) is 5.75 Å². The topological polar surface area (TPSA) is 72.2 Å². The first kappa shape index (κ1) is 9.47. The van der Waals surface area contributed by atoms with Crippen LogP contribution in [-0.2, 0) is 0 Å². The number of phenols is 1. The predicted molar refractivity (Wildman–Crippen MR) is 54.2 cm³/mol. The molecule has 0 aliphatic carbocycles. The van der Waals surface area contributed by atoms with E-state index in [2.05, 4.69) is 22.7 Å². The van der Waals surface area contributed by atoms with Crippen LogP contribution in [0.15, 0.2) is 24.3 Å². The zero-order valence-corrected chi connectivity index (χ0v) is 7.64. The molecule has 0 saturated carbocycles. The first-order chi connectivity index (χ1) is 6.18. The van der Waals surface area contributed by atoms with Gasteiger partial charge < -0.3 is 10.8 Å². The van der Waals surface area contributed by atoms with E-state index in [1.807, 2.05) is 6.07 Å². The summed E-state index contributed by atoms with van der Waals surface area (Å²) in [5.74, 6) is 0.214. The fourth-order valence-corrected chi connectivity index (χ4v) is 0.864. The number of thiocarbonyl (C=S) groups is 1. The van der Waals surface area contributed by atoms with Crippen LogP contribution in [0.5, 0.6) is 5.75 Å². The van der Waals surface area contributed by atoms with Gasteiger partial charge in [-0.3, -0.25) is 0 Å². The Kier molecular flexibility index (Phi) is 3.22.